The van der Waals surface area contributed by atoms with Crippen molar-refractivity contribution in [1.82, 2.24) is 5.32 Å². The lowest BCUT2D eigenvalue weighted by Gasteiger charge is -2.23. The number of hydrogen-bond acceptors (Lipinski definition) is 2. The number of aliphatic hydroxyl groups is 1. The molecule has 0 aromatic heterocycles. The Morgan fingerprint density at radius 3 is 2.67 bits per heavy atom. The van der Waals surface area contributed by atoms with Gasteiger partial charge in [0.2, 0.25) is 0 Å². The SMILES string of the molecule is CC1CCC(NC(CCCO)c2ccccc2)C1. The number of nitrogens with one attached hydrogen (secondary N) is 1. The van der Waals surface area contributed by atoms with E-state index in [0.717, 1.165) is 18.8 Å². The Kier molecular flexibility index (Phi) is 5.21. The van der Waals surface area contributed by atoms with E-state index in [1.165, 1.54) is 24.8 Å². The van der Waals surface area contributed by atoms with Crippen LogP contribution in [0.5, 0.6) is 0 Å². The molecule has 1 aliphatic rings. The van der Waals surface area contributed by atoms with Gasteiger partial charge in [-0.25, -0.2) is 0 Å². The fraction of sp³-hybridized carbons (Fsp3) is 0.625. The Morgan fingerprint density at radius 1 is 1.28 bits per heavy atom. The molecule has 1 aliphatic carbocycles. The van der Waals surface area contributed by atoms with Crippen LogP contribution < -0.4 is 5.32 Å². The normalized spacial score (nSPS) is 25.2. The van der Waals surface area contributed by atoms with E-state index in [0.29, 0.717) is 12.1 Å². The highest BCUT2D eigenvalue weighted by atomic mass is 16.2. The Bertz CT molecular complexity index is 338. The van der Waals surface area contributed by atoms with Crippen molar-refractivity contribution in [2.75, 3.05) is 6.61 Å². The number of rotatable bonds is 6. The molecule has 1 aromatic rings. The van der Waals surface area contributed by atoms with Crippen LogP contribution in [0.2, 0.25) is 0 Å². The minimum absolute atomic E-state index is 0.284. The van der Waals surface area contributed by atoms with Crippen LogP contribution in [0.15, 0.2) is 30.3 Å². The monoisotopic (exact) mass is 247 g/mol. The third-order valence-corrected chi connectivity index (χ3v) is 3.98. The second kappa shape index (κ2) is 6.91. The zero-order valence-corrected chi connectivity index (χ0v) is 11.3. The summed E-state index contributed by atoms with van der Waals surface area (Å²) in [6.07, 6.45) is 5.82. The van der Waals surface area contributed by atoms with Crippen LogP contribution in [0.3, 0.4) is 0 Å². The average molecular weight is 247 g/mol. The van der Waals surface area contributed by atoms with Crippen LogP contribution in [-0.4, -0.2) is 17.8 Å². The first-order valence-corrected chi connectivity index (χ1v) is 7.21. The second-order valence-electron chi connectivity index (χ2n) is 5.61. The molecule has 0 bridgehead atoms. The lowest BCUT2D eigenvalue weighted by molar-refractivity contribution is 0.271. The minimum Gasteiger partial charge on any atom is -0.396 e. The van der Waals surface area contributed by atoms with Crippen molar-refractivity contribution in [2.45, 2.75) is 51.1 Å². The van der Waals surface area contributed by atoms with Crippen molar-refractivity contribution in [3.05, 3.63) is 35.9 Å². The molecule has 0 radical (unpaired) electrons. The van der Waals surface area contributed by atoms with Gasteiger partial charge in [-0.3, -0.25) is 0 Å². The molecule has 0 heterocycles. The maximum absolute atomic E-state index is 9.04. The van der Waals surface area contributed by atoms with Crippen molar-refractivity contribution in [3.63, 3.8) is 0 Å². The summed E-state index contributed by atoms with van der Waals surface area (Å²) < 4.78 is 0. The third kappa shape index (κ3) is 3.82. The van der Waals surface area contributed by atoms with E-state index in [2.05, 4.69) is 42.6 Å². The molecule has 0 aliphatic heterocycles. The second-order valence-corrected chi connectivity index (χ2v) is 5.61. The summed E-state index contributed by atoms with van der Waals surface area (Å²) in [6, 6.07) is 11.7. The highest BCUT2D eigenvalue weighted by Crippen LogP contribution is 2.28. The molecule has 0 spiro atoms. The first kappa shape index (κ1) is 13.6. The molecular formula is C16H25NO. The summed E-state index contributed by atoms with van der Waals surface area (Å²) in [7, 11) is 0. The van der Waals surface area contributed by atoms with Crippen LogP contribution in [0, 0.1) is 5.92 Å². The molecule has 2 rings (SSSR count). The summed E-state index contributed by atoms with van der Waals surface area (Å²) in [4.78, 5) is 0. The average Bonchev–Trinajstić information content (AvgIpc) is 2.81. The van der Waals surface area contributed by atoms with E-state index < -0.39 is 0 Å². The van der Waals surface area contributed by atoms with Gasteiger partial charge < -0.3 is 10.4 Å². The van der Waals surface area contributed by atoms with Gasteiger partial charge in [0, 0.05) is 18.7 Å². The molecule has 1 saturated carbocycles. The van der Waals surface area contributed by atoms with Gasteiger partial charge in [-0.1, -0.05) is 37.3 Å². The largest absolute Gasteiger partial charge is 0.396 e. The van der Waals surface area contributed by atoms with Gasteiger partial charge in [-0.05, 0) is 43.6 Å². The Hall–Kier alpha value is -0.860. The number of aliphatic hydroxyl groups excluding tert-OH is 1. The van der Waals surface area contributed by atoms with Crippen LogP contribution in [0.4, 0.5) is 0 Å². The number of hydrogen-bond donors (Lipinski definition) is 2. The summed E-state index contributed by atoms with van der Waals surface area (Å²) in [5.74, 6) is 0.858. The van der Waals surface area contributed by atoms with E-state index in [1.807, 2.05) is 0 Å². The standard InChI is InChI=1S/C16H25NO/c1-13-9-10-15(12-13)17-16(8-5-11-18)14-6-3-2-4-7-14/h2-4,6-7,13,15-18H,5,8-12H2,1H3. The van der Waals surface area contributed by atoms with E-state index in [-0.39, 0.29) is 6.61 Å². The van der Waals surface area contributed by atoms with Crippen molar-refractivity contribution in [2.24, 2.45) is 5.92 Å². The molecule has 18 heavy (non-hydrogen) atoms. The van der Waals surface area contributed by atoms with Crippen molar-refractivity contribution >= 4 is 0 Å². The van der Waals surface area contributed by atoms with E-state index >= 15 is 0 Å². The van der Waals surface area contributed by atoms with E-state index in [1.54, 1.807) is 0 Å². The maximum Gasteiger partial charge on any atom is 0.0431 e. The van der Waals surface area contributed by atoms with Gasteiger partial charge in [0.15, 0.2) is 0 Å². The number of benzene rings is 1. The molecule has 0 saturated heterocycles. The van der Waals surface area contributed by atoms with Crippen LogP contribution in [0.25, 0.3) is 0 Å². The van der Waals surface area contributed by atoms with Gasteiger partial charge in [0.05, 0.1) is 0 Å². The summed E-state index contributed by atoms with van der Waals surface area (Å²) in [5.41, 5.74) is 1.35. The molecule has 3 atom stereocenters. The van der Waals surface area contributed by atoms with Crippen molar-refractivity contribution in [1.29, 1.82) is 0 Å². The first-order valence-electron chi connectivity index (χ1n) is 7.21. The molecule has 1 aromatic carbocycles. The summed E-state index contributed by atoms with van der Waals surface area (Å²) in [6.45, 7) is 2.62. The van der Waals surface area contributed by atoms with E-state index in [4.69, 9.17) is 5.11 Å². The molecule has 2 N–H and O–H groups in total. The quantitative estimate of drug-likeness (QED) is 0.808. The van der Waals surface area contributed by atoms with Gasteiger partial charge in [-0.2, -0.15) is 0 Å². The molecule has 100 valence electrons. The predicted molar refractivity (Wildman–Crippen MR) is 75.4 cm³/mol. The van der Waals surface area contributed by atoms with Gasteiger partial charge in [0.1, 0.15) is 0 Å². The summed E-state index contributed by atoms with van der Waals surface area (Å²) in [5, 5.41) is 12.8. The maximum atomic E-state index is 9.04. The van der Waals surface area contributed by atoms with Crippen LogP contribution in [-0.2, 0) is 0 Å². The van der Waals surface area contributed by atoms with E-state index in [9.17, 15) is 0 Å². The fourth-order valence-corrected chi connectivity index (χ4v) is 2.97. The molecular weight excluding hydrogens is 222 g/mol. The zero-order valence-electron chi connectivity index (χ0n) is 11.3. The van der Waals surface area contributed by atoms with Gasteiger partial charge in [-0.15, -0.1) is 0 Å². The lowest BCUT2D eigenvalue weighted by atomic mass is 10.0. The minimum atomic E-state index is 0.284. The van der Waals surface area contributed by atoms with Crippen LogP contribution in [0.1, 0.15) is 50.6 Å². The summed E-state index contributed by atoms with van der Waals surface area (Å²) >= 11 is 0. The topological polar surface area (TPSA) is 32.3 Å². The first-order chi connectivity index (χ1) is 8.79. The fourth-order valence-electron chi connectivity index (χ4n) is 2.97. The molecule has 2 heteroatoms. The molecule has 1 fully saturated rings. The Balaban J connectivity index is 1.96. The smallest absolute Gasteiger partial charge is 0.0431 e. The van der Waals surface area contributed by atoms with Crippen molar-refractivity contribution in [3.8, 4) is 0 Å². The zero-order chi connectivity index (χ0) is 12.8. The molecule has 0 amide bonds. The van der Waals surface area contributed by atoms with Crippen LogP contribution >= 0.6 is 0 Å². The lowest BCUT2D eigenvalue weighted by Crippen LogP contribution is -2.31. The van der Waals surface area contributed by atoms with Gasteiger partial charge >= 0.3 is 0 Å². The highest BCUT2D eigenvalue weighted by Gasteiger charge is 2.23. The Labute approximate surface area is 110 Å². The third-order valence-electron chi connectivity index (χ3n) is 3.98. The molecule has 2 nitrogen and oxygen atoms in total. The van der Waals surface area contributed by atoms with Crippen molar-refractivity contribution < 1.29 is 5.11 Å². The highest BCUT2D eigenvalue weighted by molar-refractivity contribution is 5.19. The molecule has 3 unspecified atom stereocenters. The predicted octanol–water partition coefficient (Wildman–Crippen LogP) is 3.28. The van der Waals surface area contributed by atoms with Gasteiger partial charge in [0.25, 0.3) is 0 Å². The Morgan fingerprint density at radius 2 is 2.06 bits per heavy atom.